The fraction of sp³-hybridized carbons (Fsp3) is 0.440. The lowest BCUT2D eigenvalue weighted by Gasteiger charge is -2.14. The minimum absolute atomic E-state index is 0.00653. The van der Waals surface area contributed by atoms with E-state index in [-0.39, 0.29) is 17.3 Å². The maximum Gasteiger partial charge on any atom is 0.298 e. The number of carbonyl (C=O) groups excluding carboxylic acids is 2. The molecule has 0 aromatic heterocycles. The highest BCUT2D eigenvalue weighted by Gasteiger charge is 2.22. The molecule has 0 atom stereocenters. The summed E-state index contributed by atoms with van der Waals surface area (Å²) in [6.07, 6.45) is 6.60. The molecule has 0 saturated heterocycles. The molecule has 1 fully saturated rings. The topological polar surface area (TPSA) is 82.1 Å². The normalized spacial score (nSPS) is 13.7. The molecule has 0 spiro atoms. The van der Waals surface area contributed by atoms with E-state index in [1.54, 1.807) is 37.3 Å². The van der Waals surface area contributed by atoms with E-state index in [9.17, 15) is 14.7 Å². The van der Waals surface area contributed by atoms with Crippen molar-refractivity contribution in [2.75, 3.05) is 13.2 Å². The Kier molecular flexibility index (Phi) is 8.80. The number of unbranched alkanes of at least 4 members (excludes halogenated alkanes) is 1. The predicted octanol–water partition coefficient (Wildman–Crippen LogP) is 5.89. The van der Waals surface area contributed by atoms with Crippen LogP contribution in [0.4, 0.5) is 0 Å². The van der Waals surface area contributed by atoms with E-state index < -0.39 is 0 Å². The van der Waals surface area contributed by atoms with E-state index in [2.05, 4.69) is 0 Å². The molecule has 7 heteroatoms. The highest BCUT2D eigenvalue weighted by molar-refractivity contribution is 6.32. The van der Waals surface area contributed by atoms with Gasteiger partial charge in [-0.3, -0.25) is 9.59 Å². The molecule has 0 aliphatic heterocycles. The van der Waals surface area contributed by atoms with Gasteiger partial charge in [-0.25, -0.2) is 0 Å². The number of ether oxygens (including phenoxy) is 3. The summed E-state index contributed by atoms with van der Waals surface area (Å²) in [7, 11) is 0. The molecule has 1 saturated carbocycles. The van der Waals surface area contributed by atoms with E-state index in [1.165, 1.54) is 12.8 Å². The fourth-order valence-corrected chi connectivity index (χ4v) is 4.16. The van der Waals surface area contributed by atoms with Crippen molar-refractivity contribution in [3.8, 4) is 23.0 Å². The lowest BCUT2D eigenvalue weighted by molar-refractivity contribution is -0.120. The summed E-state index contributed by atoms with van der Waals surface area (Å²) in [6, 6.07) is 8.28. The SMILES string of the molecule is Cc1c(OCCCCOc2ccc(OC=O)c(Cl)c2)ccc(C(=O)CC2CCCC2)c1O. The zero-order valence-corrected chi connectivity index (χ0v) is 19.0. The number of aromatic hydroxyl groups is 1. The molecule has 32 heavy (non-hydrogen) atoms. The second-order valence-electron chi connectivity index (χ2n) is 8.07. The number of benzene rings is 2. The number of carbonyl (C=O) groups is 2. The van der Waals surface area contributed by atoms with Crippen LogP contribution in [0.5, 0.6) is 23.0 Å². The number of ketones is 1. The number of halogens is 1. The van der Waals surface area contributed by atoms with Crippen molar-refractivity contribution in [1.82, 2.24) is 0 Å². The first kappa shape index (κ1) is 23.9. The number of phenols is 1. The van der Waals surface area contributed by atoms with Gasteiger partial charge in [0.2, 0.25) is 0 Å². The smallest absolute Gasteiger partial charge is 0.298 e. The second kappa shape index (κ2) is 11.8. The molecule has 0 heterocycles. The number of rotatable bonds is 12. The maximum atomic E-state index is 12.6. The van der Waals surface area contributed by atoms with Gasteiger partial charge < -0.3 is 19.3 Å². The highest BCUT2D eigenvalue weighted by Crippen LogP contribution is 2.34. The van der Waals surface area contributed by atoms with Crippen LogP contribution in [0.1, 0.15) is 60.9 Å². The van der Waals surface area contributed by atoms with Crippen molar-refractivity contribution in [3.63, 3.8) is 0 Å². The van der Waals surface area contributed by atoms with Gasteiger partial charge in [0.15, 0.2) is 5.78 Å². The first-order chi connectivity index (χ1) is 15.5. The minimum atomic E-state index is 0.00653. The largest absolute Gasteiger partial charge is 0.507 e. The first-order valence-electron chi connectivity index (χ1n) is 11.0. The Hall–Kier alpha value is -2.73. The molecule has 0 radical (unpaired) electrons. The lowest BCUT2D eigenvalue weighted by atomic mass is 9.95. The van der Waals surface area contributed by atoms with Crippen molar-refractivity contribution < 1.29 is 28.9 Å². The van der Waals surface area contributed by atoms with E-state index in [0.29, 0.717) is 59.7 Å². The first-order valence-corrected chi connectivity index (χ1v) is 11.4. The zero-order chi connectivity index (χ0) is 22.9. The Morgan fingerprint density at radius 1 is 1.09 bits per heavy atom. The van der Waals surface area contributed by atoms with Crippen LogP contribution in [-0.2, 0) is 4.79 Å². The van der Waals surface area contributed by atoms with Crippen molar-refractivity contribution in [3.05, 3.63) is 46.5 Å². The van der Waals surface area contributed by atoms with E-state index in [0.717, 1.165) is 25.7 Å². The van der Waals surface area contributed by atoms with Crippen LogP contribution in [0.15, 0.2) is 30.3 Å². The quantitative estimate of drug-likeness (QED) is 0.241. The number of Topliss-reactive ketones (excluding diaryl/α,β-unsaturated/α-hetero) is 1. The highest BCUT2D eigenvalue weighted by atomic mass is 35.5. The summed E-state index contributed by atoms with van der Waals surface area (Å²) in [6.45, 7) is 3.03. The van der Waals surface area contributed by atoms with Crippen molar-refractivity contribution in [2.45, 2.75) is 51.9 Å². The van der Waals surface area contributed by atoms with E-state index in [4.69, 9.17) is 25.8 Å². The van der Waals surface area contributed by atoms with Crippen LogP contribution in [0.2, 0.25) is 5.02 Å². The third kappa shape index (κ3) is 6.39. The Morgan fingerprint density at radius 2 is 1.78 bits per heavy atom. The molecule has 0 bridgehead atoms. The van der Waals surface area contributed by atoms with Gasteiger partial charge in [-0.1, -0.05) is 37.3 Å². The van der Waals surface area contributed by atoms with Gasteiger partial charge >= 0.3 is 0 Å². The number of phenolic OH excluding ortho intramolecular Hbond substituents is 1. The molecule has 0 amide bonds. The molecule has 0 unspecified atom stereocenters. The van der Waals surface area contributed by atoms with Crippen LogP contribution in [-0.4, -0.2) is 30.6 Å². The molecule has 1 N–H and O–H groups in total. The number of hydrogen-bond acceptors (Lipinski definition) is 6. The minimum Gasteiger partial charge on any atom is -0.507 e. The Bertz CT molecular complexity index is 936. The van der Waals surface area contributed by atoms with E-state index in [1.807, 2.05) is 0 Å². The molecular weight excluding hydrogens is 432 g/mol. The maximum absolute atomic E-state index is 12.6. The van der Waals surface area contributed by atoms with Crippen LogP contribution in [0, 0.1) is 12.8 Å². The van der Waals surface area contributed by atoms with E-state index >= 15 is 0 Å². The summed E-state index contributed by atoms with van der Waals surface area (Å²) in [5.74, 6) is 1.93. The molecule has 3 rings (SSSR count). The van der Waals surface area contributed by atoms with Crippen LogP contribution >= 0.6 is 11.6 Å². The third-order valence-corrected chi connectivity index (χ3v) is 6.07. The van der Waals surface area contributed by atoms with Gasteiger partial charge in [0.25, 0.3) is 6.47 Å². The molecule has 2 aromatic rings. The Balaban J connectivity index is 1.42. The Labute approximate surface area is 193 Å². The predicted molar refractivity (Wildman–Crippen MR) is 122 cm³/mol. The average Bonchev–Trinajstić information content (AvgIpc) is 3.28. The molecule has 2 aromatic carbocycles. The van der Waals surface area contributed by atoms with Crippen LogP contribution in [0.3, 0.4) is 0 Å². The third-order valence-electron chi connectivity index (χ3n) is 5.77. The summed E-state index contributed by atoms with van der Waals surface area (Å²) < 4.78 is 16.2. The summed E-state index contributed by atoms with van der Waals surface area (Å²) in [5.41, 5.74) is 0.976. The average molecular weight is 461 g/mol. The fourth-order valence-electron chi connectivity index (χ4n) is 3.94. The van der Waals surface area contributed by atoms with Crippen LogP contribution in [0.25, 0.3) is 0 Å². The summed E-state index contributed by atoms with van der Waals surface area (Å²) in [5, 5.41) is 10.8. The standard InChI is InChI=1S/C25H29ClO6/c1-17-23(11-9-20(25(17)29)22(28)14-18-6-2-3-7-18)31-13-5-4-12-30-19-8-10-24(32-16-27)21(26)15-19/h8-11,15-16,18,29H,2-7,12-14H2,1H3. The molecule has 1 aliphatic carbocycles. The van der Waals surface area contributed by atoms with Crippen molar-refractivity contribution in [1.29, 1.82) is 0 Å². The zero-order valence-electron chi connectivity index (χ0n) is 18.3. The van der Waals surface area contributed by atoms with Gasteiger partial charge in [-0.05, 0) is 49.9 Å². The molecule has 172 valence electrons. The van der Waals surface area contributed by atoms with Gasteiger partial charge in [-0.2, -0.15) is 0 Å². The summed E-state index contributed by atoms with van der Waals surface area (Å²) >= 11 is 6.01. The monoisotopic (exact) mass is 460 g/mol. The molecular formula is C25H29ClO6. The van der Waals surface area contributed by atoms with Gasteiger partial charge in [0.05, 0.1) is 23.8 Å². The van der Waals surface area contributed by atoms with Crippen molar-refractivity contribution in [2.24, 2.45) is 5.92 Å². The lowest BCUT2D eigenvalue weighted by Crippen LogP contribution is -2.08. The van der Waals surface area contributed by atoms with Crippen LogP contribution < -0.4 is 14.2 Å². The summed E-state index contributed by atoms with van der Waals surface area (Å²) in [4.78, 5) is 22.9. The second-order valence-corrected chi connectivity index (χ2v) is 8.48. The molecule has 6 nitrogen and oxygen atoms in total. The van der Waals surface area contributed by atoms with Gasteiger partial charge in [0.1, 0.15) is 23.0 Å². The van der Waals surface area contributed by atoms with Gasteiger partial charge in [-0.15, -0.1) is 0 Å². The number of hydrogen-bond donors (Lipinski definition) is 1. The van der Waals surface area contributed by atoms with Crippen molar-refractivity contribution >= 4 is 23.9 Å². The molecule has 1 aliphatic rings. The Morgan fingerprint density at radius 3 is 2.47 bits per heavy atom. The van der Waals surface area contributed by atoms with Gasteiger partial charge in [0, 0.05) is 18.1 Å².